The molecule has 0 aromatic carbocycles. The number of aryl methyl sites for hydroxylation is 1. The van der Waals surface area contributed by atoms with E-state index in [9.17, 15) is 9.90 Å². The minimum Gasteiger partial charge on any atom is -0.478 e. The molecule has 6 nitrogen and oxygen atoms in total. The molecule has 2 aromatic heterocycles. The molecule has 0 unspecified atom stereocenters. The minimum absolute atomic E-state index is 0.194. The number of hydrogen-bond acceptors (Lipinski definition) is 4. The largest absolute Gasteiger partial charge is 0.478 e. The second-order valence-corrected chi connectivity index (χ2v) is 4.33. The van der Waals surface area contributed by atoms with E-state index in [1.54, 1.807) is 10.9 Å². The molecule has 2 aromatic rings. The summed E-state index contributed by atoms with van der Waals surface area (Å²) in [6, 6.07) is 0. The van der Waals surface area contributed by atoms with Gasteiger partial charge in [0.25, 0.3) is 0 Å². The van der Waals surface area contributed by atoms with Crippen molar-refractivity contribution in [2.24, 2.45) is 0 Å². The smallest absolute Gasteiger partial charge is 0.339 e. The number of unbranched alkanes of at least 4 members (excludes halogenated alkanes) is 1. The van der Waals surface area contributed by atoms with Crippen LogP contribution in [0, 0.1) is 0 Å². The Kier molecular flexibility index (Phi) is 3.99. The number of hydrogen-bond donors (Lipinski definition) is 2. The minimum atomic E-state index is -0.974. The number of nitrogens with zero attached hydrogens (tertiary/aromatic N) is 3. The molecule has 0 bridgehead atoms. The molecule has 2 N–H and O–H groups in total. The fourth-order valence-electron chi connectivity index (χ4n) is 2.00. The Morgan fingerprint density at radius 3 is 2.84 bits per heavy atom. The Hall–Kier alpha value is -2.11. The molecule has 0 amide bonds. The summed E-state index contributed by atoms with van der Waals surface area (Å²) in [4.78, 5) is 15.5. The number of anilines is 1. The van der Waals surface area contributed by atoms with Crippen LogP contribution in [0.3, 0.4) is 0 Å². The first kappa shape index (κ1) is 13.3. The van der Waals surface area contributed by atoms with Gasteiger partial charge in [0.05, 0.1) is 17.3 Å². The van der Waals surface area contributed by atoms with E-state index in [2.05, 4.69) is 22.3 Å². The van der Waals surface area contributed by atoms with E-state index >= 15 is 0 Å². The highest BCUT2D eigenvalue weighted by atomic mass is 16.4. The van der Waals surface area contributed by atoms with E-state index < -0.39 is 5.97 Å². The van der Waals surface area contributed by atoms with Crippen LogP contribution in [0.25, 0.3) is 11.0 Å². The molecule has 0 saturated carbocycles. The van der Waals surface area contributed by atoms with Crippen LogP contribution in [0.2, 0.25) is 0 Å². The van der Waals surface area contributed by atoms with Crippen LogP contribution in [0.1, 0.15) is 37.0 Å². The highest BCUT2D eigenvalue weighted by molar-refractivity contribution is 6.03. The molecule has 0 saturated heterocycles. The number of carboxylic acids is 1. The van der Waals surface area contributed by atoms with Crippen molar-refractivity contribution < 1.29 is 9.90 Å². The van der Waals surface area contributed by atoms with Crippen molar-refractivity contribution in [2.45, 2.75) is 33.2 Å². The van der Waals surface area contributed by atoms with E-state index in [-0.39, 0.29) is 5.56 Å². The molecule has 2 rings (SSSR count). The molecule has 0 spiro atoms. The monoisotopic (exact) mass is 262 g/mol. The lowest BCUT2D eigenvalue weighted by Crippen LogP contribution is -2.09. The van der Waals surface area contributed by atoms with E-state index in [0.717, 1.165) is 24.8 Å². The molecule has 0 radical (unpaired) electrons. The van der Waals surface area contributed by atoms with Gasteiger partial charge >= 0.3 is 5.97 Å². The molecule has 0 aliphatic rings. The lowest BCUT2D eigenvalue weighted by Gasteiger charge is -2.10. The average Bonchev–Trinajstić information content (AvgIpc) is 2.82. The third-order valence-electron chi connectivity index (χ3n) is 3.03. The third kappa shape index (κ3) is 2.52. The first-order valence-electron chi connectivity index (χ1n) is 6.50. The lowest BCUT2D eigenvalue weighted by atomic mass is 10.1. The average molecular weight is 262 g/mol. The van der Waals surface area contributed by atoms with Crippen LogP contribution in [-0.2, 0) is 6.54 Å². The Morgan fingerprint density at radius 2 is 2.21 bits per heavy atom. The highest BCUT2D eigenvalue weighted by Gasteiger charge is 2.16. The SMILES string of the molecule is CCCCNc1c(C(=O)O)cnc2c1cnn2CC. The number of rotatable bonds is 6. The van der Waals surface area contributed by atoms with Gasteiger partial charge in [0, 0.05) is 19.3 Å². The van der Waals surface area contributed by atoms with Crippen molar-refractivity contribution in [1.29, 1.82) is 0 Å². The number of pyridine rings is 1. The molecule has 0 aliphatic heterocycles. The van der Waals surface area contributed by atoms with Gasteiger partial charge in [-0.2, -0.15) is 5.10 Å². The number of carboxylic acid groups (broad SMARTS) is 1. The van der Waals surface area contributed by atoms with Crippen LogP contribution in [-0.4, -0.2) is 32.4 Å². The molecule has 6 heteroatoms. The topological polar surface area (TPSA) is 80.0 Å². The van der Waals surface area contributed by atoms with Gasteiger partial charge in [0.1, 0.15) is 5.56 Å². The molecule has 19 heavy (non-hydrogen) atoms. The maximum atomic E-state index is 11.3. The summed E-state index contributed by atoms with van der Waals surface area (Å²) >= 11 is 0. The molecule has 0 atom stereocenters. The van der Waals surface area contributed by atoms with Crippen LogP contribution >= 0.6 is 0 Å². The maximum Gasteiger partial charge on any atom is 0.339 e. The third-order valence-corrected chi connectivity index (χ3v) is 3.03. The predicted molar refractivity (Wildman–Crippen MR) is 73.6 cm³/mol. The summed E-state index contributed by atoms with van der Waals surface area (Å²) in [6.45, 7) is 5.52. The van der Waals surface area contributed by atoms with Crippen molar-refractivity contribution >= 4 is 22.7 Å². The number of nitrogens with one attached hydrogen (secondary N) is 1. The number of aromatic nitrogens is 3. The van der Waals surface area contributed by atoms with Crippen molar-refractivity contribution in [3.8, 4) is 0 Å². The van der Waals surface area contributed by atoms with Gasteiger partial charge in [-0.25, -0.2) is 14.5 Å². The van der Waals surface area contributed by atoms with E-state index in [0.29, 0.717) is 17.9 Å². The fraction of sp³-hybridized carbons (Fsp3) is 0.462. The number of aromatic carboxylic acids is 1. The van der Waals surface area contributed by atoms with Gasteiger partial charge in [0.15, 0.2) is 5.65 Å². The fourth-order valence-corrected chi connectivity index (χ4v) is 2.00. The standard InChI is InChI=1S/C13H18N4O2/c1-3-5-6-14-11-9-8-16-17(4-2)12(9)15-7-10(11)13(18)19/h7-8H,3-6H2,1-2H3,(H,14,15)(H,18,19). The van der Waals surface area contributed by atoms with E-state index in [4.69, 9.17) is 0 Å². The molecule has 102 valence electrons. The molecular weight excluding hydrogens is 244 g/mol. The second-order valence-electron chi connectivity index (χ2n) is 4.33. The zero-order chi connectivity index (χ0) is 13.8. The summed E-state index contributed by atoms with van der Waals surface area (Å²) < 4.78 is 1.76. The van der Waals surface area contributed by atoms with Gasteiger partial charge in [-0.3, -0.25) is 0 Å². The Bertz CT molecular complexity index is 592. The Labute approximate surface area is 111 Å². The van der Waals surface area contributed by atoms with Crippen molar-refractivity contribution in [3.05, 3.63) is 18.0 Å². The molecule has 0 fully saturated rings. The zero-order valence-electron chi connectivity index (χ0n) is 11.2. The predicted octanol–water partition coefficient (Wildman–Crippen LogP) is 2.36. The van der Waals surface area contributed by atoms with Crippen LogP contribution in [0.5, 0.6) is 0 Å². The quantitative estimate of drug-likeness (QED) is 0.781. The Morgan fingerprint density at radius 1 is 1.42 bits per heavy atom. The van der Waals surface area contributed by atoms with Crippen LogP contribution in [0.15, 0.2) is 12.4 Å². The van der Waals surface area contributed by atoms with Gasteiger partial charge < -0.3 is 10.4 Å². The van der Waals surface area contributed by atoms with E-state index in [1.807, 2.05) is 6.92 Å². The summed E-state index contributed by atoms with van der Waals surface area (Å²) in [5.74, 6) is -0.974. The second kappa shape index (κ2) is 5.69. The molecular formula is C13H18N4O2. The number of carbonyl (C=O) groups is 1. The maximum absolute atomic E-state index is 11.3. The first-order valence-corrected chi connectivity index (χ1v) is 6.50. The summed E-state index contributed by atoms with van der Waals surface area (Å²) in [5.41, 5.74) is 1.52. The van der Waals surface area contributed by atoms with Crippen molar-refractivity contribution in [3.63, 3.8) is 0 Å². The normalized spacial score (nSPS) is 10.8. The van der Waals surface area contributed by atoms with Crippen LogP contribution in [0.4, 0.5) is 5.69 Å². The van der Waals surface area contributed by atoms with Crippen molar-refractivity contribution in [2.75, 3.05) is 11.9 Å². The number of fused-ring (bicyclic) bond motifs is 1. The van der Waals surface area contributed by atoms with Gasteiger partial charge in [-0.05, 0) is 13.3 Å². The molecule has 0 aliphatic carbocycles. The Balaban J connectivity index is 2.49. The van der Waals surface area contributed by atoms with Crippen LogP contribution < -0.4 is 5.32 Å². The highest BCUT2D eigenvalue weighted by Crippen LogP contribution is 2.26. The zero-order valence-corrected chi connectivity index (χ0v) is 11.2. The molecule has 2 heterocycles. The summed E-state index contributed by atoms with van der Waals surface area (Å²) in [6.07, 6.45) is 5.11. The van der Waals surface area contributed by atoms with Gasteiger partial charge in [0.2, 0.25) is 0 Å². The first-order chi connectivity index (χ1) is 9.19. The van der Waals surface area contributed by atoms with Crippen molar-refractivity contribution in [1.82, 2.24) is 14.8 Å². The van der Waals surface area contributed by atoms with E-state index in [1.165, 1.54) is 6.20 Å². The van der Waals surface area contributed by atoms with Gasteiger partial charge in [-0.1, -0.05) is 13.3 Å². The summed E-state index contributed by atoms with van der Waals surface area (Å²) in [5, 5.41) is 17.4. The summed E-state index contributed by atoms with van der Waals surface area (Å²) in [7, 11) is 0. The van der Waals surface area contributed by atoms with Gasteiger partial charge in [-0.15, -0.1) is 0 Å². The lowest BCUT2D eigenvalue weighted by molar-refractivity contribution is 0.0697.